The van der Waals surface area contributed by atoms with E-state index in [-0.39, 0.29) is 11.3 Å². The topological polar surface area (TPSA) is 99.9 Å². The van der Waals surface area contributed by atoms with E-state index in [2.05, 4.69) is 20.3 Å². The average Bonchev–Trinajstić information content (AvgIpc) is 3.15. The van der Waals surface area contributed by atoms with Crippen molar-refractivity contribution in [2.75, 3.05) is 0 Å². The van der Waals surface area contributed by atoms with Gasteiger partial charge in [-0.2, -0.15) is 0 Å². The van der Waals surface area contributed by atoms with Crippen LogP contribution in [0.25, 0.3) is 10.9 Å². The third-order valence-electron chi connectivity index (χ3n) is 5.13. The van der Waals surface area contributed by atoms with Crippen molar-refractivity contribution in [2.24, 2.45) is 0 Å². The summed E-state index contributed by atoms with van der Waals surface area (Å²) in [4.78, 5) is 35.2. The number of aromatic amines is 2. The zero-order valence-corrected chi connectivity index (χ0v) is 17.7. The maximum Gasteiger partial charge on any atom is 0.261 e. The van der Waals surface area contributed by atoms with Crippen LogP contribution in [0.15, 0.2) is 65.6 Å². The van der Waals surface area contributed by atoms with Crippen LogP contribution in [0.5, 0.6) is 5.75 Å². The van der Waals surface area contributed by atoms with Crippen molar-refractivity contribution in [3.63, 3.8) is 0 Å². The molecule has 32 heavy (non-hydrogen) atoms. The highest BCUT2D eigenvalue weighted by atomic mass is 19.1. The van der Waals surface area contributed by atoms with Gasteiger partial charge in [0.2, 0.25) is 0 Å². The molecule has 0 spiro atoms. The lowest BCUT2D eigenvalue weighted by Crippen LogP contribution is -2.40. The maximum atomic E-state index is 13.4. The number of fused-ring (bicyclic) bond motifs is 1. The molecule has 4 aromatic rings. The Labute approximate surface area is 183 Å². The molecule has 0 aliphatic heterocycles. The van der Waals surface area contributed by atoms with Gasteiger partial charge < -0.3 is 20.0 Å². The Hall–Kier alpha value is -3.94. The normalized spacial score (nSPS) is 13.0. The second-order valence-electron chi connectivity index (χ2n) is 7.60. The lowest BCUT2D eigenvalue weighted by Gasteiger charge is -2.21. The lowest BCUT2D eigenvalue weighted by molar-refractivity contribution is -0.128. The molecular formula is C24H23FN4O3. The smallest absolute Gasteiger partial charge is 0.261 e. The van der Waals surface area contributed by atoms with Crippen LogP contribution in [0.3, 0.4) is 0 Å². The summed E-state index contributed by atoms with van der Waals surface area (Å²) in [6, 6.07) is 14.3. The Morgan fingerprint density at radius 3 is 2.78 bits per heavy atom. The van der Waals surface area contributed by atoms with E-state index in [9.17, 15) is 14.0 Å². The molecule has 0 bridgehead atoms. The van der Waals surface area contributed by atoms with Crippen molar-refractivity contribution in [2.45, 2.75) is 32.4 Å². The van der Waals surface area contributed by atoms with E-state index in [1.165, 1.54) is 24.3 Å². The lowest BCUT2D eigenvalue weighted by atomic mass is 10.0. The number of nitrogens with one attached hydrogen (secondary N) is 3. The van der Waals surface area contributed by atoms with Crippen LogP contribution < -0.4 is 15.6 Å². The molecule has 3 N–H and O–H groups in total. The molecule has 1 amide bonds. The molecule has 7 nitrogen and oxygen atoms in total. The average molecular weight is 434 g/mol. The first-order valence-electron chi connectivity index (χ1n) is 10.2. The summed E-state index contributed by atoms with van der Waals surface area (Å²) < 4.78 is 19.0. The van der Waals surface area contributed by atoms with Gasteiger partial charge in [-0.1, -0.05) is 24.3 Å². The first kappa shape index (κ1) is 21.3. The van der Waals surface area contributed by atoms with Gasteiger partial charge in [0, 0.05) is 35.7 Å². The Morgan fingerprint density at radius 1 is 1.19 bits per heavy atom. The zero-order chi connectivity index (χ0) is 22.7. The number of para-hydroxylation sites is 1. The van der Waals surface area contributed by atoms with Crippen molar-refractivity contribution < 1.29 is 13.9 Å². The molecule has 0 saturated heterocycles. The number of rotatable bonds is 7. The van der Waals surface area contributed by atoms with Crippen molar-refractivity contribution in [3.05, 3.63) is 94.0 Å². The second-order valence-corrected chi connectivity index (χ2v) is 7.60. The molecule has 0 fully saturated rings. The molecule has 0 unspecified atom stereocenters. The number of aromatic nitrogens is 3. The largest absolute Gasteiger partial charge is 0.481 e. The number of hydrogen-bond donors (Lipinski definition) is 3. The predicted octanol–water partition coefficient (Wildman–Crippen LogP) is 3.57. The summed E-state index contributed by atoms with van der Waals surface area (Å²) in [5, 5.41) is 3.96. The third-order valence-corrected chi connectivity index (χ3v) is 5.13. The van der Waals surface area contributed by atoms with Crippen LogP contribution >= 0.6 is 0 Å². The molecule has 2 aromatic carbocycles. The summed E-state index contributed by atoms with van der Waals surface area (Å²) in [6.07, 6.45) is 1.42. The van der Waals surface area contributed by atoms with Crippen LogP contribution in [-0.2, 0) is 11.2 Å². The Bertz CT molecular complexity index is 1310. The number of amides is 1. The number of ether oxygens (including phenoxy) is 1. The second kappa shape index (κ2) is 9.05. The zero-order valence-electron chi connectivity index (χ0n) is 17.7. The minimum Gasteiger partial charge on any atom is -0.481 e. The molecule has 2 atom stereocenters. The van der Waals surface area contributed by atoms with Gasteiger partial charge in [-0.15, -0.1) is 0 Å². The molecule has 2 aromatic heterocycles. The summed E-state index contributed by atoms with van der Waals surface area (Å²) in [5.41, 5.74) is 2.10. The first-order chi connectivity index (χ1) is 15.4. The molecule has 4 rings (SSSR count). The fraction of sp³-hybridized carbons (Fsp3) is 0.208. The summed E-state index contributed by atoms with van der Waals surface area (Å²) >= 11 is 0. The Kier molecular flexibility index (Phi) is 6.02. The van der Waals surface area contributed by atoms with E-state index in [1.807, 2.05) is 30.5 Å². The van der Waals surface area contributed by atoms with Crippen LogP contribution in [0, 0.1) is 12.7 Å². The minimum atomic E-state index is -0.884. The van der Waals surface area contributed by atoms with Gasteiger partial charge >= 0.3 is 0 Å². The van der Waals surface area contributed by atoms with Gasteiger partial charge in [0.05, 0.1) is 11.7 Å². The van der Waals surface area contributed by atoms with Crippen molar-refractivity contribution in [1.82, 2.24) is 20.3 Å². The molecule has 0 aliphatic carbocycles. The summed E-state index contributed by atoms with van der Waals surface area (Å²) in [5.74, 6) is -0.143. The molecule has 2 heterocycles. The number of halogens is 1. The standard InChI is InChI=1S/C24H23FN4O3/c1-14(32-18-7-5-6-17(25)11-18)24(31)29-21(22-12-23(30)28-15(2)27-22)10-16-13-26-20-9-4-3-8-19(16)20/h3-9,11-14,21,26H,10H2,1-2H3,(H,29,31)(H,27,28,30)/t14-,21-/m1/s1. The highest BCUT2D eigenvalue weighted by Crippen LogP contribution is 2.24. The number of carbonyl (C=O) groups excluding carboxylic acids is 1. The van der Waals surface area contributed by atoms with E-state index in [0.717, 1.165) is 16.5 Å². The monoisotopic (exact) mass is 434 g/mol. The van der Waals surface area contributed by atoms with Crippen LogP contribution in [0.4, 0.5) is 4.39 Å². The van der Waals surface area contributed by atoms with Crippen molar-refractivity contribution >= 4 is 16.8 Å². The van der Waals surface area contributed by atoms with Crippen molar-refractivity contribution in [1.29, 1.82) is 0 Å². The van der Waals surface area contributed by atoms with Gasteiger partial charge in [-0.05, 0) is 37.6 Å². The number of H-pyrrole nitrogens is 2. The number of carbonyl (C=O) groups is 1. The van der Waals surface area contributed by atoms with E-state index >= 15 is 0 Å². The fourth-order valence-electron chi connectivity index (χ4n) is 3.62. The van der Waals surface area contributed by atoms with Gasteiger partial charge in [-0.25, -0.2) is 9.37 Å². The third kappa shape index (κ3) is 4.85. The fourth-order valence-corrected chi connectivity index (χ4v) is 3.62. The number of aryl methyl sites for hydroxylation is 1. The van der Waals surface area contributed by atoms with Crippen LogP contribution in [-0.4, -0.2) is 27.0 Å². The number of benzene rings is 2. The highest BCUT2D eigenvalue weighted by molar-refractivity contribution is 5.84. The summed E-state index contributed by atoms with van der Waals surface area (Å²) in [6.45, 7) is 3.27. The van der Waals surface area contributed by atoms with Crippen LogP contribution in [0.2, 0.25) is 0 Å². The van der Waals surface area contributed by atoms with Gasteiger partial charge in [0.15, 0.2) is 6.10 Å². The summed E-state index contributed by atoms with van der Waals surface area (Å²) in [7, 11) is 0. The number of nitrogens with zero attached hydrogens (tertiary/aromatic N) is 1. The van der Waals surface area contributed by atoms with E-state index in [1.54, 1.807) is 19.9 Å². The van der Waals surface area contributed by atoms with Crippen molar-refractivity contribution in [3.8, 4) is 5.75 Å². The van der Waals surface area contributed by atoms with E-state index < -0.39 is 23.9 Å². The molecule has 0 saturated carbocycles. The minimum absolute atomic E-state index is 0.256. The van der Waals surface area contributed by atoms with Gasteiger partial charge in [-0.3, -0.25) is 9.59 Å². The highest BCUT2D eigenvalue weighted by Gasteiger charge is 2.23. The van der Waals surface area contributed by atoms with E-state index in [4.69, 9.17) is 4.74 Å². The van der Waals surface area contributed by atoms with Gasteiger partial charge in [0.25, 0.3) is 11.5 Å². The molecule has 0 radical (unpaired) electrons. The quantitative estimate of drug-likeness (QED) is 0.414. The van der Waals surface area contributed by atoms with Gasteiger partial charge in [0.1, 0.15) is 17.4 Å². The molecule has 8 heteroatoms. The van der Waals surface area contributed by atoms with Crippen LogP contribution in [0.1, 0.15) is 30.0 Å². The molecular weight excluding hydrogens is 411 g/mol. The molecule has 164 valence electrons. The van der Waals surface area contributed by atoms with E-state index in [0.29, 0.717) is 17.9 Å². The first-order valence-corrected chi connectivity index (χ1v) is 10.2. The maximum absolute atomic E-state index is 13.4. The molecule has 0 aliphatic rings. The predicted molar refractivity (Wildman–Crippen MR) is 119 cm³/mol. The number of hydrogen-bond acceptors (Lipinski definition) is 4. The SMILES string of the molecule is Cc1nc([C@@H](Cc2c[nH]c3ccccc23)NC(=O)[C@@H](C)Oc2cccc(F)c2)cc(=O)[nH]1. The Morgan fingerprint density at radius 2 is 2.00 bits per heavy atom. The Balaban J connectivity index is 1.60.